The molecule has 23 heavy (non-hydrogen) atoms. The second kappa shape index (κ2) is 7.54. The molecule has 0 aliphatic carbocycles. The van der Waals surface area contributed by atoms with Crippen molar-refractivity contribution < 1.29 is 14.0 Å². The van der Waals surface area contributed by atoms with Crippen LogP contribution >= 0.6 is 0 Å². The number of aryl methyl sites for hydroxylation is 1. The lowest BCUT2D eigenvalue weighted by atomic mass is 10.1. The average Bonchev–Trinajstić information content (AvgIpc) is 2.55. The minimum absolute atomic E-state index is 0.0994. The molecule has 2 amide bonds. The maximum Gasteiger partial charge on any atom is 0.244 e. The van der Waals surface area contributed by atoms with Crippen molar-refractivity contribution in [3.8, 4) is 0 Å². The molecule has 0 radical (unpaired) electrons. The van der Waals surface area contributed by atoms with Gasteiger partial charge in [0.2, 0.25) is 11.8 Å². The van der Waals surface area contributed by atoms with Crippen LogP contribution in [0.3, 0.4) is 0 Å². The predicted molar refractivity (Wildman–Crippen MR) is 88.9 cm³/mol. The Labute approximate surface area is 134 Å². The molecule has 0 saturated carbocycles. The molecule has 0 fully saturated rings. The zero-order valence-electron chi connectivity index (χ0n) is 13.2. The molecule has 2 rings (SSSR count). The van der Waals surface area contributed by atoms with Crippen molar-refractivity contribution in [1.29, 1.82) is 0 Å². The van der Waals surface area contributed by atoms with Crippen LogP contribution in [-0.4, -0.2) is 18.4 Å². The zero-order chi connectivity index (χ0) is 16.8. The smallest absolute Gasteiger partial charge is 0.244 e. The van der Waals surface area contributed by atoms with Crippen LogP contribution in [0.25, 0.3) is 0 Å². The second-order valence-electron chi connectivity index (χ2n) is 5.15. The standard InChI is InChI=1S/C18H19FN2O2/c1-3-14-8-10-15(11-9-14)21(13(2)22)12-18(23)20-17-7-5-4-6-16(17)19/h4-11H,3,12H2,1-2H3,(H,20,23). The fourth-order valence-electron chi connectivity index (χ4n) is 2.19. The Bertz CT molecular complexity index is 698. The lowest BCUT2D eigenvalue weighted by Gasteiger charge is -2.21. The highest BCUT2D eigenvalue weighted by Gasteiger charge is 2.16. The van der Waals surface area contributed by atoms with E-state index >= 15 is 0 Å². The second-order valence-corrected chi connectivity index (χ2v) is 5.15. The van der Waals surface area contributed by atoms with E-state index in [0.717, 1.165) is 12.0 Å². The van der Waals surface area contributed by atoms with Crippen LogP contribution in [0.4, 0.5) is 15.8 Å². The number of halogens is 1. The van der Waals surface area contributed by atoms with Gasteiger partial charge in [0, 0.05) is 12.6 Å². The number of nitrogens with one attached hydrogen (secondary N) is 1. The molecule has 0 heterocycles. The van der Waals surface area contributed by atoms with Gasteiger partial charge in [-0.1, -0.05) is 31.2 Å². The van der Waals surface area contributed by atoms with E-state index in [4.69, 9.17) is 0 Å². The third-order valence-corrected chi connectivity index (χ3v) is 3.49. The molecule has 0 atom stereocenters. The first-order valence-electron chi connectivity index (χ1n) is 7.42. The van der Waals surface area contributed by atoms with Crippen molar-refractivity contribution in [1.82, 2.24) is 0 Å². The molecule has 1 N–H and O–H groups in total. The molecule has 0 aliphatic rings. The lowest BCUT2D eigenvalue weighted by Crippen LogP contribution is -2.36. The summed E-state index contributed by atoms with van der Waals surface area (Å²) >= 11 is 0. The number of amides is 2. The van der Waals surface area contributed by atoms with E-state index < -0.39 is 11.7 Å². The van der Waals surface area contributed by atoms with Gasteiger partial charge in [0.05, 0.1) is 5.69 Å². The van der Waals surface area contributed by atoms with Gasteiger partial charge in [-0.25, -0.2) is 4.39 Å². The Morgan fingerprint density at radius 2 is 1.74 bits per heavy atom. The summed E-state index contributed by atoms with van der Waals surface area (Å²) in [6, 6.07) is 13.4. The van der Waals surface area contributed by atoms with Gasteiger partial charge in [-0.05, 0) is 36.2 Å². The van der Waals surface area contributed by atoms with Crippen molar-refractivity contribution in [2.24, 2.45) is 0 Å². The lowest BCUT2D eigenvalue weighted by molar-refractivity contribution is -0.120. The zero-order valence-corrected chi connectivity index (χ0v) is 13.2. The van der Waals surface area contributed by atoms with E-state index in [1.165, 1.54) is 24.0 Å². The van der Waals surface area contributed by atoms with Crippen LogP contribution in [0, 0.1) is 5.82 Å². The highest BCUT2D eigenvalue weighted by molar-refractivity contribution is 6.01. The van der Waals surface area contributed by atoms with Gasteiger partial charge in [-0.15, -0.1) is 0 Å². The molecule has 4 nitrogen and oxygen atoms in total. The van der Waals surface area contributed by atoms with Gasteiger partial charge in [0.1, 0.15) is 12.4 Å². The molecule has 0 spiro atoms. The quantitative estimate of drug-likeness (QED) is 0.920. The Morgan fingerprint density at radius 1 is 1.09 bits per heavy atom. The number of hydrogen-bond donors (Lipinski definition) is 1. The van der Waals surface area contributed by atoms with Crippen molar-refractivity contribution in [3.63, 3.8) is 0 Å². The van der Waals surface area contributed by atoms with Crippen molar-refractivity contribution in [2.75, 3.05) is 16.8 Å². The monoisotopic (exact) mass is 314 g/mol. The maximum atomic E-state index is 13.6. The highest BCUT2D eigenvalue weighted by Crippen LogP contribution is 2.17. The number of nitrogens with zero attached hydrogens (tertiary/aromatic N) is 1. The van der Waals surface area contributed by atoms with Crippen LogP contribution < -0.4 is 10.2 Å². The first-order chi connectivity index (χ1) is 11.0. The largest absolute Gasteiger partial charge is 0.322 e. The van der Waals surface area contributed by atoms with E-state index in [1.807, 2.05) is 19.1 Å². The molecular weight excluding hydrogens is 295 g/mol. The highest BCUT2D eigenvalue weighted by atomic mass is 19.1. The van der Waals surface area contributed by atoms with Crippen LogP contribution in [0.5, 0.6) is 0 Å². The number of para-hydroxylation sites is 1. The number of anilines is 2. The van der Waals surface area contributed by atoms with Gasteiger partial charge in [0.15, 0.2) is 0 Å². The summed E-state index contributed by atoms with van der Waals surface area (Å²) in [5.41, 5.74) is 1.88. The van der Waals surface area contributed by atoms with E-state index in [2.05, 4.69) is 5.32 Å². The third kappa shape index (κ3) is 4.39. The Balaban J connectivity index is 2.11. The summed E-state index contributed by atoms with van der Waals surface area (Å²) in [5, 5.41) is 2.48. The Hall–Kier alpha value is -2.69. The van der Waals surface area contributed by atoms with Crippen molar-refractivity contribution in [3.05, 3.63) is 59.9 Å². The van der Waals surface area contributed by atoms with Crippen LogP contribution in [0.15, 0.2) is 48.5 Å². The average molecular weight is 314 g/mol. The molecule has 5 heteroatoms. The topological polar surface area (TPSA) is 49.4 Å². The van der Waals surface area contributed by atoms with Crippen LogP contribution in [-0.2, 0) is 16.0 Å². The summed E-state index contributed by atoms with van der Waals surface area (Å²) < 4.78 is 13.6. The number of rotatable bonds is 5. The normalized spacial score (nSPS) is 10.2. The van der Waals surface area contributed by atoms with Gasteiger partial charge in [-0.2, -0.15) is 0 Å². The fraction of sp³-hybridized carbons (Fsp3) is 0.222. The van der Waals surface area contributed by atoms with Crippen LogP contribution in [0.2, 0.25) is 0 Å². The van der Waals surface area contributed by atoms with Crippen molar-refractivity contribution >= 4 is 23.2 Å². The number of carbonyl (C=O) groups is 2. The summed E-state index contributed by atoms with van der Waals surface area (Å²) in [6.45, 7) is 3.26. The first-order valence-corrected chi connectivity index (χ1v) is 7.42. The number of benzene rings is 2. The molecule has 0 unspecified atom stereocenters. The van der Waals surface area contributed by atoms with Gasteiger partial charge >= 0.3 is 0 Å². The summed E-state index contributed by atoms with van der Waals surface area (Å²) in [5.74, 6) is -1.22. The van der Waals surface area contributed by atoms with E-state index in [1.54, 1.807) is 24.3 Å². The van der Waals surface area contributed by atoms with E-state index in [-0.39, 0.29) is 18.1 Å². The minimum Gasteiger partial charge on any atom is -0.322 e. The number of carbonyl (C=O) groups excluding carboxylic acids is 2. The predicted octanol–water partition coefficient (Wildman–Crippen LogP) is 3.38. The summed E-state index contributed by atoms with van der Waals surface area (Å²) in [4.78, 5) is 25.3. The molecule has 0 bridgehead atoms. The van der Waals surface area contributed by atoms with Gasteiger partial charge in [0.25, 0.3) is 0 Å². The van der Waals surface area contributed by atoms with Crippen molar-refractivity contribution in [2.45, 2.75) is 20.3 Å². The third-order valence-electron chi connectivity index (χ3n) is 3.49. The van der Waals surface area contributed by atoms with E-state index in [9.17, 15) is 14.0 Å². The Morgan fingerprint density at radius 3 is 2.30 bits per heavy atom. The fourth-order valence-corrected chi connectivity index (χ4v) is 2.19. The maximum absolute atomic E-state index is 13.6. The SMILES string of the molecule is CCc1ccc(N(CC(=O)Nc2ccccc2F)C(C)=O)cc1. The molecule has 0 aromatic heterocycles. The summed E-state index contributed by atoms with van der Waals surface area (Å²) in [7, 11) is 0. The molecule has 0 saturated heterocycles. The molecule has 120 valence electrons. The van der Waals surface area contributed by atoms with Gasteiger partial charge < -0.3 is 10.2 Å². The minimum atomic E-state index is -0.512. The molecule has 2 aromatic rings. The van der Waals surface area contributed by atoms with Gasteiger partial charge in [-0.3, -0.25) is 9.59 Å². The summed E-state index contributed by atoms with van der Waals surface area (Å²) in [6.07, 6.45) is 0.897. The van der Waals surface area contributed by atoms with Crippen LogP contribution in [0.1, 0.15) is 19.4 Å². The first kappa shape index (κ1) is 16.7. The Kier molecular flexibility index (Phi) is 5.46. The molecular formula is C18H19FN2O2. The molecule has 2 aromatic carbocycles. The molecule has 0 aliphatic heterocycles. The van der Waals surface area contributed by atoms with E-state index in [0.29, 0.717) is 5.69 Å². The number of hydrogen-bond acceptors (Lipinski definition) is 2.